The predicted molar refractivity (Wildman–Crippen MR) is 116 cm³/mol. The second-order valence-electron chi connectivity index (χ2n) is 6.96. The lowest BCUT2D eigenvalue weighted by molar-refractivity contribution is -0.0504. The zero-order chi connectivity index (χ0) is 19.1. The minimum atomic E-state index is -2.84. The van der Waals surface area contributed by atoms with Crippen molar-refractivity contribution < 1.29 is 13.5 Å². The summed E-state index contributed by atoms with van der Waals surface area (Å²) in [5.41, 5.74) is 0.633. The number of aliphatic imine (C=N–C) groups is 1. The zero-order valence-corrected chi connectivity index (χ0v) is 18.7. The van der Waals surface area contributed by atoms with Crippen molar-refractivity contribution in [2.75, 3.05) is 19.6 Å². The van der Waals surface area contributed by atoms with Crippen LogP contribution in [0.15, 0.2) is 29.3 Å². The van der Waals surface area contributed by atoms with Gasteiger partial charge in [0.2, 0.25) is 0 Å². The molecule has 0 bridgehead atoms. The van der Waals surface area contributed by atoms with Gasteiger partial charge in [-0.05, 0) is 32.8 Å². The van der Waals surface area contributed by atoms with Gasteiger partial charge in [0.1, 0.15) is 5.75 Å². The number of hydrogen-bond acceptors (Lipinski definition) is 3. The Kier molecular flexibility index (Phi) is 10.3. The molecule has 2 rings (SSSR count). The maximum absolute atomic E-state index is 12.5. The monoisotopic (exact) mass is 496 g/mol. The van der Waals surface area contributed by atoms with Crippen molar-refractivity contribution in [2.24, 2.45) is 10.9 Å². The summed E-state index contributed by atoms with van der Waals surface area (Å²) < 4.78 is 29.7. The summed E-state index contributed by atoms with van der Waals surface area (Å²) in [5.74, 6) is 1.37. The van der Waals surface area contributed by atoms with E-state index in [1.807, 2.05) is 6.92 Å². The SMILES string of the molecule is CCNC(=NCc1ccccc1OC(F)F)NC1CN(C(C)C)CC1C.I. The summed E-state index contributed by atoms with van der Waals surface area (Å²) >= 11 is 0. The molecule has 27 heavy (non-hydrogen) atoms. The number of benzene rings is 1. The first-order valence-electron chi connectivity index (χ1n) is 9.22. The van der Waals surface area contributed by atoms with E-state index in [9.17, 15) is 8.78 Å². The third-order valence-corrected chi connectivity index (χ3v) is 4.63. The maximum atomic E-state index is 12.5. The highest BCUT2D eigenvalue weighted by Crippen LogP contribution is 2.21. The van der Waals surface area contributed by atoms with Gasteiger partial charge in [-0.25, -0.2) is 4.99 Å². The fraction of sp³-hybridized carbons (Fsp3) is 0.632. The third-order valence-electron chi connectivity index (χ3n) is 4.63. The Morgan fingerprint density at radius 2 is 2.00 bits per heavy atom. The molecule has 1 fully saturated rings. The number of ether oxygens (including phenoxy) is 1. The summed E-state index contributed by atoms with van der Waals surface area (Å²) in [6.45, 7) is 8.83. The first-order chi connectivity index (χ1) is 12.4. The molecular weight excluding hydrogens is 465 g/mol. The Morgan fingerprint density at radius 1 is 1.30 bits per heavy atom. The molecule has 1 aromatic rings. The average molecular weight is 496 g/mol. The van der Waals surface area contributed by atoms with E-state index in [0.717, 1.165) is 19.6 Å². The van der Waals surface area contributed by atoms with E-state index >= 15 is 0 Å². The zero-order valence-electron chi connectivity index (χ0n) is 16.4. The van der Waals surface area contributed by atoms with Crippen molar-refractivity contribution >= 4 is 29.9 Å². The van der Waals surface area contributed by atoms with Crippen LogP contribution in [0.1, 0.15) is 33.3 Å². The van der Waals surface area contributed by atoms with Crippen LogP contribution in [0.3, 0.4) is 0 Å². The summed E-state index contributed by atoms with van der Waals surface area (Å²) in [4.78, 5) is 7.01. The van der Waals surface area contributed by atoms with Gasteiger partial charge in [0, 0.05) is 37.3 Å². The molecule has 0 radical (unpaired) electrons. The highest BCUT2D eigenvalue weighted by molar-refractivity contribution is 14.0. The molecule has 1 heterocycles. The molecule has 1 aliphatic rings. The number of guanidine groups is 1. The van der Waals surface area contributed by atoms with Gasteiger partial charge in [-0.15, -0.1) is 24.0 Å². The van der Waals surface area contributed by atoms with Crippen LogP contribution in [0.25, 0.3) is 0 Å². The van der Waals surface area contributed by atoms with Crippen LogP contribution in [0, 0.1) is 5.92 Å². The number of nitrogens with one attached hydrogen (secondary N) is 2. The number of halogens is 3. The molecule has 0 spiro atoms. The molecule has 5 nitrogen and oxygen atoms in total. The minimum absolute atomic E-state index is 0. The summed E-state index contributed by atoms with van der Waals surface area (Å²) in [6, 6.07) is 7.59. The van der Waals surface area contributed by atoms with Gasteiger partial charge in [0.05, 0.1) is 6.54 Å². The highest BCUT2D eigenvalue weighted by Gasteiger charge is 2.31. The molecule has 2 N–H and O–H groups in total. The lowest BCUT2D eigenvalue weighted by Gasteiger charge is -2.22. The molecular formula is C19H31F2IN4O. The Morgan fingerprint density at radius 3 is 2.59 bits per heavy atom. The van der Waals surface area contributed by atoms with E-state index in [-0.39, 0.29) is 36.3 Å². The summed E-state index contributed by atoms with van der Waals surface area (Å²) in [5, 5.41) is 6.73. The molecule has 0 aromatic heterocycles. The molecule has 0 aliphatic carbocycles. The van der Waals surface area contributed by atoms with Crippen LogP contribution < -0.4 is 15.4 Å². The van der Waals surface area contributed by atoms with Gasteiger partial charge < -0.3 is 15.4 Å². The van der Waals surface area contributed by atoms with Gasteiger partial charge in [-0.1, -0.05) is 25.1 Å². The minimum Gasteiger partial charge on any atom is -0.434 e. The molecule has 1 saturated heterocycles. The van der Waals surface area contributed by atoms with Crippen molar-refractivity contribution in [3.05, 3.63) is 29.8 Å². The number of hydrogen-bond donors (Lipinski definition) is 2. The second-order valence-corrected chi connectivity index (χ2v) is 6.96. The van der Waals surface area contributed by atoms with Crippen molar-refractivity contribution in [1.29, 1.82) is 0 Å². The lowest BCUT2D eigenvalue weighted by Crippen LogP contribution is -2.46. The van der Waals surface area contributed by atoms with E-state index < -0.39 is 6.61 Å². The molecule has 154 valence electrons. The fourth-order valence-corrected chi connectivity index (χ4v) is 3.12. The Balaban J connectivity index is 0.00000364. The Bertz CT molecular complexity index is 601. The molecule has 0 saturated carbocycles. The first-order valence-corrected chi connectivity index (χ1v) is 9.22. The standard InChI is InChI=1S/C19H30F2N4O.HI/c1-5-22-19(24-16-12-25(13(2)3)11-14(16)4)23-10-15-8-6-7-9-17(15)26-18(20)21;/h6-9,13-14,16,18H,5,10-12H2,1-4H3,(H2,22,23,24);1H. The van der Waals surface area contributed by atoms with Gasteiger partial charge in [-0.3, -0.25) is 4.90 Å². The smallest absolute Gasteiger partial charge is 0.387 e. The third kappa shape index (κ3) is 7.40. The van der Waals surface area contributed by atoms with E-state index in [2.05, 4.69) is 46.0 Å². The maximum Gasteiger partial charge on any atom is 0.387 e. The summed E-state index contributed by atoms with van der Waals surface area (Å²) in [7, 11) is 0. The molecule has 8 heteroatoms. The van der Waals surface area contributed by atoms with E-state index in [1.54, 1.807) is 18.2 Å². The van der Waals surface area contributed by atoms with Crippen LogP contribution >= 0.6 is 24.0 Å². The normalized spacial score (nSPS) is 20.7. The van der Waals surface area contributed by atoms with E-state index in [4.69, 9.17) is 0 Å². The first kappa shape index (κ1) is 23.9. The Hall–Kier alpha value is -1.16. The van der Waals surface area contributed by atoms with Crippen molar-refractivity contribution in [1.82, 2.24) is 15.5 Å². The lowest BCUT2D eigenvalue weighted by atomic mass is 10.1. The van der Waals surface area contributed by atoms with Crippen molar-refractivity contribution in [2.45, 2.75) is 52.9 Å². The Labute approximate surface area is 178 Å². The van der Waals surface area contributed by atoms with Gasteiger partial charge >= 0.3 is 6.61 Å². The number of alkyl halides is 2. The van der Waals surface area contributed by atoms with Crippen LogP contribution in [0.5, 0.6) is 5.75 Å². The largest absolute Gasteiger partial charge is 0.434 e. The molecule has 0 amide bonds. The van der Waals surface area contributed by atoms with Crippen LogP contribution in [-0.2, 0) is 6.54 Å². The average Bonchev–Trinajstić information content (AvgIpc) is 2.94. The van der Waals surface area contributed by atoms with E-state index in [0.29, 0.717) is 29.5 Å². The quantitative estimate of drug-likeness (QED) is 0.344. The fourth-order valence-electron chi connectivity index (χ4n) is 3.12. The van der Waals surface area contributed by atoms with Crippen LogP contribution in [0.4, 0.5) is 8.78 Å². The highest BCUT2D eigenvalue weighted by atomic mass is 127. The number of nitrogens with zero attached hydrogens (tertiary/aromatic N) is 2. The number of likely N-dealkylation sites (tertiary alicyclic amines) is 1. The second kappa shape index (κ2) is 11.6. The molecule has 2 atom stereocenters. The molecule has 2 unspecified atom stereocenters. The summed E-state index contributed by atoms with van der Waals surface area (Å²) in [6.07, 6.45) is 0. The van der Waals surface area contributed by atoms with Gasteiger partial charge in [-0.2, -0.15) is 8.78 Å². The van der Waals surface area contributed by atoms with Crippen LogP contribution in [-0.4, -0.2) is 49.2 Å². The van der Waals surface area contributed by atoms with Crippen molar-refractivity contribution in [3.63, 3.8) is 0 Å². The van der Waals surface area contributed by atoms with Gasteiger partial charge in [0.25, 0.3) is 0 Å². The molecule has 1 aliphatic heterocycles. The number of rotatable bonds is 7. The number of para-hydroxylation sites is 1. The van der Waals surface area contributed by atoms with Crippen LogP contribution in [0.2, 0.25) is 0 Å². The van der Waals surface area contributed by atoms with Gasteiger partial charge in [0.15, 0.2) is 5.96 Å². The predicted octanol–water partition coefficient (Wildman–Crippen LogP) is 3.69. The van der Waals surface area contributed by atoms with Crippen molar-refractivity contribution in [3.8, 4) is 5.75 Å². The topological polar surface area (TPSA) is 48.9 Å². The molecule has 1 aromatic carbocycles. The van der Waals surface area contributed by atoms with E-state index in [1.165, 1.54) is 6.07 Å².